The monoisotopic (exact) mass is 156 g/mol. The van der Waals surface area contributed by atoms with Crippen molar-refractivity contribution < 1.29 is 0 Å². The van der Waals surface area contributed by atoms with Crippen LogP contribution in [0.3, 0.4) is 0 Å². The van der Waals surface area contributed by atoms with Crippen molar-refractivity contribution in [2.24, 2.45) is 0 Å². The molecule has 0 unspecified atom stereocenters. The fraction of sp³-hybridized carbons (Fsp3) is 0.0833. The van der Waals surface area contributed by atoms with Gasteiger partial charge in [-0.2, -0.15) is 0 Å². The molecule has 0 saturated carbocycles. The summed E-state index contributed by atoms with van der Waals surface area (Å²) in [6.45, 7) is 9.42. The highest BCUT2D eigenvalue weighted by Crippen LogP contribution is 2.14. The standard InChI is InChI=1S/C12H12/c1-3-4-8-11(2)12-9-6-5-7-10-12/h2-7,9-10H,1,8H2. The second-order valence-corrected chi connectivity index (χ2v) is 2.57. The van der Waals surface area contributed by atoms with Gasteiger partial charge in [-0.1, -0.05) is 49.1 Å². The maximum Gasteiger partial charge on any atom is -0.00915 e. The van der Waals surface area contributed by atoms with Gasteiger partial charge in [-0.25, -0.2) is 0 Å². The minimum absolute atomic E-state index is 0.771. The van der Waals surface area contributed by atoms with Crippen LogP contribution in [0.1, 0.15) is 12.0 Å². The molecule has 0 N–H and O–H groups in total. The van der Waals surface area contributed by atoms with E-state index in [1.165, 1.54) is 0 Å². The SMILES string of the molecule is [CH]=C(CC=C[CH2])c1ccccc1. The zero-order valence-electron chi connectivity index (χ0n) is 7.03. The molecule has 0 aromatic heterocycles. The van der Waals surface area contributed by atoms with Gasteiger partial charge in [0, 0.05) is 0 Å². The van der Waals surface area contributed by atoms with Crippen molar-refractivity contribution in [1.29, 1.82) is 0 Å². The summed E-state index contributed by atoms with van der Waals surface area (Å²) in [5, 5.41) is 0. The Bertz CT molecular complexity index is 267. The van der Waals surface area contributed by atoms with Crippen molar-refractivity contribution >= 4 is 5.57 Å². The minimum atomic E-state index is 0.771. The first-order valence-electron chi connectivity index (χ1n) is 3.95. The van der Waals surface area contributed by atoms with Gasteiger partial charge in [0.2, 0.25) is 0 Å². The van der Waals surface area contributed by atoms with Gasteiger partial charge in [0.1, 0.15) is 0 Å². The number of allylic oxidation sites excluding steroid dienone is 3. The minimum Gasteiger partial charge on any atom is -0.0879 e. The van der Waals surface area contributed by atoms with E-state index in [0.717, 1.165) is 17.6 Å². The van der Waals surface area contributed by atoms with E-state index in [1.54, 1.807) is 6.08 Å². The molecule has 0 nitrogen and oxygen atoms in total. The van der Waals surface area contributed by atoms with Crippen molar-refractivity contribution in [3.8, 4) is 0 Å². The zero-order chi connectivity index (χ0) is 8.81. The topological polar surface area (TPSA) is 0 Å². The summed E-state index contributed by atoms with van der Waals surface area (Å²) in [4.78, 5) is 0. The van der Waals surface area contributed by atoms with Crippen molar-refractivity contribution in [1.82, 2.24) is 0 Å². The molecule has 1 aromatic carbocycles. The molecule has 0 heteroatoms. The number of benzene rings is 1. The molecule has 0 aliphatic carbocycles. The summed E-state index contributed by atoms with van der Waals surface area (Å²) in [5.41, 5.74) is 1.98. The molecule has 12 heavy (non-hydrogen) atoms. The lowest BCUT2D eigenvalue weighted by molar-refractivity contribution is 1.39. The Hall–Kier alpha value is -1.30. The van der Waals surface area contributed by atoms with Crippen LogP contribution < -0.4 is 0 Å². The van der Waals surface area contributed by atoms with Crippen molar-refractivity contribution in [3.63, 3.8) is 0 Å². The second kappa shape index (κ2) is 4.55. The molecule has 0 aliphatic heterocycles. The molecule has 0 spiro atoms. The first kappa shape index (κ1) is 8.79. The van der Waals surface area contributed by atoms with E-state index in [4.69, 9.17) is 6.58 Å². The van der Waals surface area contributed by atoms with Gasteiger partial charge in [0.15, 0.2) is 0 Å². The lowest BCUT2D eigenvalue weighted by atomic mass is 10.0. The lowest BCUT2D eigenvalue weighted by Crippen LogP contribution is -1.79. The normalized spacial score (nSPS) is 10.4. The predicted molar refractivity (Wildman–Crippen MR) is 53.3 cm³/mol. The predicted octanol–water partition coefficient (Wildman–Crippen LogP) is 3.28. The summed E-state index contributed by atoms with van der Waals surface area (Å²) in [6.07, 6.45) is 4.48. The number of hydrogen-bond acceptors (Lipinski definition) is 0. The Balaban J connectivity index is 2.66. The fourth-order valence-electron chi connectivity index (χ4n) is 0.980. The maximum absolute atomic E-state index is 5.82. The summed E-state index contributed by atoms with van der Waals surface area (Å²) in [5.74, 6) is 0. The van der Waals surface area contributed by atoms with E-state index in [9.17, 15) is 0 Å². The molecule has 1 rings (SSSR count). The summed E-state index contributed by atoms with van der Waals surface area (Å²) in [7, 11) is 0. The van der Waals surface area contributed by atoms with Crippen LogP contribution in [0.5, 0.6) is 0 Å². The molecule has 2 radical (unpaired) electrons. The van der Waals surface area contributed by atoms with Gasteiger partial charge < -0.3 is 0 Å². The van der Waals surface area contributed by atoms with Crippen molar-refractivity contribution in [3.05, 3.63) is 61.5 Å². The van der Waals surface area contributed by atoms with E-state index >= 15 is 0 Å². The molecule has 0 bridgehead atoms. The highest BCUT2D eigenvalue weighted by molar-refractivity contribution is 5.62. The van der Waals surface area contributed by atoms with E-state index in [2.05, 4.69) is 6.92 Å². The molecule has 0 aliphatic rings. The first-order valence-corrected chi connectivity index (χ1v) is 3.95. The number of hydrogen-bond donors (Lipinski definition) is 0. The quantitative estimate of drug-likeness (QED) is 0.630. The van der Waals surface area contributed by atoms with E-state index in [-0.39, 0.29) is 0 Å². The van der Waals surface area contributed by atoms with Gasteiger partial charge >= 0.3 is 0 Å². The zero-order valence-corrected chi connectivity index (χ0v) is 7.03. The lowest BCUT2D eigenvalue weighted by Gasteiger charge is -2.00. The van der Waals surface area contributed by atoms with Gasteiger partial charge in [-0.3, -0.25) is 0 Å². The second-order valence-electron chi connectivity index (χ2n) is 2.57. The smallest absolute Gasteiger partial charge is 0.00915 e. The van der Waals surface area contributed by atoms with E-state index in [0.29, 0.717) is 0 Å². The maximum atomic E-state index is 5.82. The highest BCUT2D eigenvalue weighted by Gasteiger charge is 1.93. The third-order valence-electron chi connectivity index (χ3n) is 1.65. The summed E-state index contributed by atoms with van der Waals surface area (Å²) >= 11 is 0. The molecular weight excluding hydrogens is 144 g/mol. The third-order valence-corrected chi connectivity index (χ3v) is 1.65. The summed E-state index contributed by atoms with van der Waals surface area (Å²) in [6, 6.07) is 9.96. The van der Waals surface area contributed by atoms with Crippen LogP contribution in [0.15, 0.2) is 42.5 Å². The Morgan fingerprint density at radius 3 is 2.58 bits per heavy atom. The van der Waals surface area contributed by atoms with E-state index < -0.39 is 0 Å². The van der Waals surface area contributed by atoms with Gasteiger partial charge in [-0.15, -0.1) is 0 Å². The average molecular weight is 156 g/mol. The average Bonchev–Trinajstić information content (AvgIpc) is 2.15. The highest BCUT2D eigenvalue weighted by atomic mass is 14.0. The Labute approximate surface area is 74.2 Å². The van der Waals surface area contributed by atoms with Gasteiger partial charge in [-0.05, 0) is 24.5 Å². The molecule has 0 amide bonds. The molecule has 60 valence electrons. The summed E-state index contributed by atoms with van der Waals surface area (Å²) < 4.78 is 0. The van der Waals surface area contributed by atoms with Crippen LogP contribution in [-0.2, 0) is 0 Å². The Morgan fingerprint density at radius 1 is 1.33 bits per heavy atom. The van der Waals surface area contributed by atoms with Crippen LogP contribution in [0.25, 0.3) is 5.57 Å². The first-order chi connectivity index (χ1) is 5.84. The number of rotatable bonds is 3. The van der Waals surface area contributed by atoms with Crippen LogP contribution in [0.2, 0.25) is 0 Å². The van der Waals surface area contributed by atoms with E-state index in [1.807, 2.05) is 36.4 Å². The van der Waals surface area contributed by atoms with Crippen LogP contribution in [-0.4, -0.2) is 0 Å². The van der Waals surface area contributed by atoms with Crippen LogP contribution in [0.4, 0.5) is 0 Å². The third kappa shape index (κ3) is 2.39. The van der Waals surface area contributed by atoms with Gasteiger partial charge in [0.05, 0.1) is 0 Å². The molecule has 0 heterocycles. The Kier molecular flexibility index (Phi) is 3.34. The Morgan fingerprint density at radius 2 is 2.00 bits per heavy atom. The van der Waals surface area contributed by atoms with Crippen molar-refractivity contribution in [2.75, 3.05) is 0 Å². The molecule has 0 saturated heterocycles. The van der Waals surface area contributed by atoms with Crippen LogP contribution in [0, 0.1) is 13.5 Å². The molecule has 0 fully saturated rings. The van der Waals surface area contributed by atoms with Gasteiger partial charge in [0.25, 0.3) is 0 Å². The van der Waals surface area contributed by atoms with Crippen LogP contribution >= 0.6 is 0 Å². The molecule has 0 atom stereocenters. The molecular formula is C12H12. The molecule has 1 aromatic rings. The fourth-order valence-corrected chi connectivity index (χ4v) is 0.980. The largest absolute Gasteiger partial charge is 0.0879 e. The van der Waals surface area contributed by atoms with Crippen molar-refractivity contribution in [2.45, 2.75) is 6.42 Å².